The summed E-state index contributed by atoms with van der Waals surface area (Å²) in [7, 11) is 0. The van der Waals surface area contributed by atoms with E-state index >= 15 is 0 Å². The van der Waals surface area contributed by atoms with Gasteiger partial charge in [0.1, 0.15) is 0 Å². The van der Waals surface area contributed by atoms with Gasteiger partial charge in [-0.1, -0.05) is 31.0 Å². The van der Waals surface area contributed by atoms with Crippen molar-refractivity contribution in [2.75, 3.05) is 6.54 Å². The highest BCUT2D eigenvalue weighted by molar-refractivity contribution is 7.99. The highest BCUT2D eigenvalue weighted by atomic mass is 32.2. The van der Waals surface area contributed by atoms with E-state index in [1.807, 2.05) is 24.2 Å². The first-order valence-corrected chi connectivity index (χ1v) is 6.64. The highest BCUT2D eigenvalue weighted by Gasteiger charge is 2.24. The summed E-state index contributed by atoms with van der Waals surface area (Å²) in [5, 5.41) is 1.70. The summed E-state index contributed by atoms with van der Waals surface area (Å²) in [5.74, 6) is 0.669. The van der Waals surface area contributed by atoms with Crippen molar-refractivity contribution in [2.45, 2.75) is 42.5 Å². The molecule has 1 aromatic rings. The molecule has 0 saturated heterocycles. The van der Waals surface area contributed by atoms with Gasteiger partial charge in [0.15, 0.2) is 5.16 Å². The van der Waals surface area contributed by atoms with Crippen LogP contribution in [-0.2, 0) is 0 Å². The Kier molecular flexibility index (Phi) is 4.09. The van der Waals surface area contributed by atoms with Crippen LogP contribution >= 0.6 is 11.8 Å². The minimum Gasteiger partial charge on any atom is -0.340 e. The van der Waals surface area contributed by atoms with Crippen LogP contribution in [0.25, 0.3) is 0 Å². The van der Waals surface area contributed by atoms with Gasteiger partial charge in [0.25, 0.3) is 0 Å². The minimum atomic E-state index is 0.656. The Bertz CT molecular complexity index is 273. The van der Waals surface area contributed by atoms with Gasteiger partial charge in [-0.3, -0.25) is 0 Å². The number of hydrogen-bond acceptors (Lipinski definition) is 3. The summed E-state index contributed by atoms with van der Waals surface area (Å²) in [6.07, 6.45) is 10.3. The van der Waals surface area contributed by atoms with Crippen LogP contribution in [0.2, 0.25) is 0 Å². The Balaban J connectivity index is 1.97. The molecule has 0 bridgehead atoms. The van der Waals surface area contributed by atoms with Crippen LogP contribution in [0, 0.1) is 5.92 Å². The van der Waals surface area contributed by atoms with Crippen LogP contribution < -0.4 is 5.73 Å². The average molecular weight is 225 g/mol. The molecule has 1 aromatic heterocycles. The topological polar surface area (TPSA) is 54.7 Å². The largest absolute Gasteiger partial charge is 0.340 e. The molecule has 2 rings (SSSR count). The summed E-state index contributed by atoms with van der Waals surface area (Å²) >= 11 is 1.87. The van der Waals surface area contributed by atoms with Crippen molar-refractivity contribution in [3.05, 3.63) is 12.4 Å². The Hall–Kier alpha value is -0.480. The number of rotatable bonds is 3. The molecule has 2 atom stereocenters. The summed E-state index contributed by atoms with van der Waals surface area (Å²) in [6, 6.07) is 0. The van der Waals surface area contributed by atoms with Gasteiger partial charge in [-0.15, -0.1) is 0 Å². The number of nitrogens with zero attached hydrogens (tertiary/aromatic N) is 1. The fraction of sp³-hybridized carbons (Fsp3) is 0.727. The van der Waals surface area contributed by atoms with Gasteiger partial charge in [-0.05, 0) is 25.3 Å². The zero-order valence-electron chi connectivity index (χ0n) is 8.98. The van der Waals surface area contributed by atoms with E-state index in [9.17, 15) is 0 Å². The maximum Gasteiger partial charge on any atom is 0.165 e. The molecule has 1 fully saturated rings. The Morgan fingerprint density at radius 1 is 1.40 bits per heavy atom. The van der Waals surface area contributed by atoms with Crippen molar-refractivity contribution in [1.82, 2.24) is 9.97 Å². The first kappa shape index (κ1) is 11.0. The number of nitrogens with one attached hydrogen (secondary N) is 1. The number of thioether (sulfide) groups is 1. The third-order valence-corrected chi connectivity index (χ3v) is 4.50. The van der Waals surface area contributed by atoms with Crippen LogP contribution in [0.5, 0.6) is 0 Å². The molecule has 15 heavy (non-hydrogen) atoms. The standard InChI is InChI=1S/C11H19N3S/c12-8-9-4-2-1-3-5-10(9)15-11-13-6-7-14-11/h6-7,9-10H,1-5,8,12H2,(H,13,14). The summed E-state index contributed by atoms with van der Waals surface area (Å²) in [4.78, 5) is 7.44. The van der Waals surface area contributed by atoms with Crippen molar-refractivity contribution in [3.63, 3.8) is 0 Å². The molecular formula is C11H19N3S. The number of H-pyrrole nitrogens is 1. The van der Waals surface area contributed by atoms with Gasteiger partial charge in [0.2, 0.25) is 0 Å². The third-order valence-electron chi connectivity index (χ3n) is 3.13. The fourth-order valence-corrected chi connectivity index (χ4v) is 3.50. The molecule has 0 radical (unpaired) electrons. The van der Waals surface area contributed by atoms with E-state index in [4.69, 9.17) is 5.73 Å². The van der Waals surface area contributed by atoms with E-state index < -0.39 is 0 Å². The molecule has 2 unspecified atom stereocenters. The van der Waals surface area contributed by atoms with Crippen molar-refractivity contribution >= 4 is 11.8 Å². The molecule has 0 aliphatic heterocycles. The number of hydrogen-bond donors (Lipinski definition) is 2. The average Bonchev–Trinajstić information content (AvgIpc) is 2.64. The van der Waals surface area contributed by atoms with Gasteiger partial charge in [-0.2, -0.15) is 0 Å². The third kappa shape index (κ3) is 2.98. The van der Waals surface area contributed by atoms with E-state index in [1.165, 1.54) is 32.1 Å². The molecule has 1 aliphatic carbocycles. The zero-order valence-corrected chi connectivity index (χ0v) is 9.80. The van der Waals surface area contributed by atoms with E-state index in [0.717, 1.165) is 11.7 Å². The second-order valence-electron chi connectivity index (χ2n) is 4.18. The van der Waals surface area contributed by atoms with Gasteiger partial charge >= 0.3 is 0 Å². The van der Waals surface area contributed by atoms with Crippen LogP contribution in [0.4, 0.5) is 0 Å². The SMILES string of the molecule is NCC1CCCCCC1Sc1ncc[nH]1. The monoisotopic (exact) mass is 225 g/mol. The van der Waals surface area contributed by atoms with Crippen LogP contribution in [0.15, 0.2) is 17.6 Å². The molecule has 1 saturated carbocycles. The lowest BCUT2D eigenvalue weighted by molar-refractivity contribution is 0.483. The molecule has 0 aromatic carbocycles. The van der Waals surface area contributed by atoms with Crippen LogP contribution in [0.3, 0.4) is 0 Å². The molecule has 3 N–H and O–H groups in total. The summed E-state index contributed by atoms with van der Waals surface area (Å²) < 4.78 is 0. The van der Waals surface area contributed by atoms with Crippen LogP contribution in [-0.4, -0.2) is 21.8 Å². The molecule has 3 nitrogen and oxygen atoms in total. The Labute approximate surface area is 95.2 Å². The second-order valence-corrected chi connectivity index (χ2v) is 5.41. The number of nitrogens with two attached hydrogens (primary N) is 1. The molecule has 84 valence electrons. The predicted octanol–water partition coefficient (Wildman–Crippen LogP) is 2.41. The fourth-order valence-electron chi connectivity index (χ4n) is 2.23. The number of aromatic nitrogens is 2. The van der Waals surface area contributed by atoms with Gasteiger partial charge in [-0.25, -0.2) is 4.98 Å². The molecule has 1 aliphatic rings. The number of imidazole rings is 1. The van der Waals surface area contributed by atoms with Crippen molar-refractivity contribution < 1.29 is 0 Å². The Morgan fingerprint density at radius 3 is 3.00 bits per heavy atom. The summed E-state index contributed by atoms with van der Waals surface area (Å²) in [6.45, 7) is 0.818. The first-order chi connectivity index (χ1) is 7.40. The highest BCUT2D eigenvalue weighted by Crippen LogP contribution is 2.34. The maximum absolute atomic E-state index is 5.85. The van der Waals surface area contributed by atoms with Crippen molar-refractivity contribution in [1.29, 1.82) is 0 Å². The molecular weight excluding hydrogens is 206 g/mol. The van der Waals surface area contributed by atoms with E-state index in [2.05, 4.69) is 9.97 Å². The predicted molar refractivity (Wildman–Crippen MR) is 63.9 cm³/mol. The molecule has 0 spiro atoms. The number of aromatic amines is 1. The van der Waals surface area contributed by atoms with E-state index in [0.29, 0.717) is 11.2 Å². The lowest BCUT2D eigenvalue weighted by Crippen LogP contribution is -2.24. The zero-order chi connectivity index (χ0) is 10.5. The molecule has 4 heteroatoms. The van der Waals surface area contributed by atoms with Gasteiger partial charge in [0.05, 0.1) is 0 Å². The minimum absolute atomic E-state index is 0.656. The lowest BCUT2D eigenvalue weighted by Gasteiger charge is -2.21. The quantitative estimate of drug-likeness (QED) is 0.777. The van der Waals surface area contributed by atoms with Crippen molar-refractivity contribution in [3.8, 4) is 0 Å². The Morgan fingerprint density at radius 2 is 2.27 bits per heavy atom. The van der Waals surface area contributed by atoms with Crippen molar-refractivity contribution in [2.24, 2.45) is 11.7 Å². The molecule has 0 amide bonds. The first-order valence-electron chi connectivity index (χ1n) is 5.76. The van der Waals surface area contributed by atoms with Gasteiger partial charge in [0, 0.05) is 17.6 Å². The summed E-state index contributed by atoms with van der Waals surface area (Å²) in [5.41, 5.74) is 5.85. The van der Waals surface area contributed by atoms with Gasteiger partial charge < -0.3 is 10.7 Å². The second kappa shape index (κ2) is 5.56. The lowest BCUT2D eigenvalue weighted by atomic mass is 10.0. The van der Waals surface area contributed by atoms with E-state index in [1.54, 1.807) is 0 Å². The van der Waals surface area contributed by atoms with Crippen LogP contribution in [0.1, 0.15) is 32.1 Å². The molecule has 1 heterocycles. The van der Waals surface area contributed by atoms with E-state index in [-0.39, 0.29) is 0 Å². The maximum atomic E-state index is 5.85. The smallest absolute Gasteiger partial charge is 0.165 e. The normalized spacial score (nSPS) is 27.5.